The minimum atomic E-state index is -0.395. The third-order valence-electron chi connectivity index (χ3n) is 4.76. The Morgan fingerprint density at radius 1 is 1.20 bits per heavy atom. The van der Waals surface area contributed by atoms with Crippen LogP contribution in [0.3, 0.4) is 0 Å². The largest absolute Gasteiger partial charge is 0.381 e. The van der Waals surface area contributed by atoms with Crippen molar-refractivity contribution in [1.29, 1.82) is 0 Å². The number of halogens is 1. The Morgan fingerprint density at radius 2 is 1.92 bits per heavy atom. The number of nitrogens with zero attached hydrogens (tertiary/aromatic N) is 3. The molecule has 0 N–H and O–H groups in total. The lowest BCUT2D eigenvalue weighted by Gasteiger charge is -2.25. The highest BCUT2D eigenvalue weighted by atomic mass is 19.1. The van der Waals surface area contributed by atoms with Gasteiger partial charge in [-0.1, -0.05) is 27.7 Å². The second-order valence-electron chi connectivity index (χ2n) is 7.63. The average Bonchev–Trinajstić information content (AvgIpc) is 3.00. The van der Waals surface area contributed by atoms with Gasteiger partial charge in [-0.2, -0.15) is 9.49 Å². The molecule has 0 radical (unpaired) electrons. The molecule has 0 atom stereocenters. The van der Waals surface area contributed by atoms with Crippen LogP contribution in [0.25, 0.3) is 11.3 Å². The molecule has 5 heteroatoms. The van der Waals surface area contributed by atoms with Crippen molar-refractivity contribution >= 4 is 0 Å². The normalized spacial score (nSPS) is 16.1. The summed E-state index contributed by atoms with van der Waals surface area (Å²) in [5.74, 6) is 0.337. The smallest absolute Gasteiger partial charge is 0.222 e. The van der Waals surface area contributed by atoms with Gasteiger partial charge in [-0.15, -0.1) is 0 Å². The van der Waals surface area contributed by atoms with Gasteiger partial charge in [-0.05, 0) is 43.2 Å². The number of pyridine rings is 1. The summed E-state index contributed by atoms with van der Waals surface area (Å²) >= 11 is 0. The fourth-order valence-electron chi connectivity index (χ4n) is 3.46. The van der Waals surface area contributed by atoms with Crippen molar-refractivity contribution in [3.63, 3.8) is 0 Å². The number of rotatable bonds is 5. The van der Waals surface area contributed by atoms with Crippen LogP contribution in [0.4, 0.5) is 4.39 Å². The van der Waals surface area contributed by atoms with Gasteiger partial charge in [0.05, 0.1) is 23.5 Å². The van der Waals surface area contributed by atoms with Crippen LogP contribution in [0.15, 0.2) is 18.3 Å². The van der Waals surface area contributed by atoms with E-state index in [2.05, 4.69) is 37.8 Å². The monoisotopic (exact) mass is 345 g/mol. The Balaban J connectivity index is 2.04. The fourth-order valence-corrected chi connectivity index (χ4v) is 3.46. The highest BCUT2D eigenvalue weighted by Gasteiger charge is 2.25. The van der Waals surface area contributed by atoms with Gasteiger partial charge in [0.15, 0.2) is 0 Å². The molecule has 1 fully saturated rings. The van der Waals surface area contributed by atoms with Crippen molar-refractivity contribution in [2.75, 3.05) is 13.2 Å². The predicted octanol–water partition coefficient (Wildman–Crippen LogP) is 4.76. The van der Waals surface area contributed by atoms with Crippen molar-refractivity contribution in [2.45, 2.75) is 58.9 Å². The number of hydrogen-bond acceptors (Lipinski definition) is 3. The molecule has 2 aromatic rings. The van der Waals surface area contributed by atoms with Gasteiger partial charge in [0.1, 0.15) is 0 Å². The maximum absolute atomic E-state index is 14.9. The number of aromatic nitrogens is 3. The zero-order chi connectivity index (χ0) is 18.0. The van der Waals surface area contributed by atoms with Crippen molar-refractivity contribution in [3.8, 4) is 11.3 Å². The van der Waals surface area contributed by atoms with Gasteiger partial charge < -0.3 is 4.74 Å². The summed E-state index contributed by atoms with van der Waals surface area (Å²) in [7, 11) is 0. The molecule has 25 heavy (non-hydrogen) atoms. The van der Waals surface area contributed by atoms with E-state index in [1.54, 1.807) is 0 Å². The Morgan fingerprint density at radius 3 is 2.52 bits per heavy atom. The minimum absolute atomic E-state index is 0.256. The molecule has 0 spiro atoms. The molecule has 3 rings (SSSR count). The quantitative estimate of drug-likeness (QED) is 0.734. The standard InChI is InChI=1S/C20H28FN3O/c1-13(2)11-15-5-6-17(20(21)23-15)19-18(14(3)4)12-22-24(19)16-7-9-25-10-8-16/h5-6,12-14,16H,7-11H2,1-4H3. The second-order valence-corrected chi connectivity index (χ2v) is 7.63. The first kappa shape index (κ1) is 18.1. The summed E-state index contributed by atoms with van der Waals surface area (Å²) in [5.41, 5.74) is 3.31. The molecular weight excluding hydrogens is 317 g/mol. The van der Waals surface area contributed by atoms with E-state index >= 15 is 0 Å². The van der Waals surface area contributed by atoms with Crippen molar-refractivity contribution < 1.29 is 9.13 Å². The lowest BCUT2D eigenvalue weighted by molar-refractivity contribution is 0.0667. The topological polar surface area (TPSA) is 39.9 Å². The van der Waals surface area contributed by atoms with Crippen molar-refractivity contribution in [2.24, 2.45) is 5.92 Å². The van der Waals surface area contributed by atoms with Crippen LogP contribution >= 0.6 is 0 Å². The molecule has 1 aliphatic heterocycles. The van der Waals surface area contributed by atoms with Crippen LogP contribution in [-0.2, 0) is 11.2 Å². The van der Waals surface area contributed by atoms with E-state index < -0.39 is 5.95 Å². The molecule has 0 amide bonds. The van der Waals surface area contributed by atoms with Crippen molar-refractivity contribution in [1.82, 2.24) is 14.8 Å². The molecule has 136 valence electrons. The third-order valence-corrected chi connectivity index (χ3v) is 4.76. The maximum Gasteiger partial charge on any atom is 0.222 e. The third kappa shape index (κ3) is 3.92. The molecule has 0 unspecified atom stereocenters. The Labute approximate surface area is 149 Å². The maximum atomic E-state index is 14.9. The summed E-state index contributed by atoms with van der Waals surface area (Å²) < 4.78 is 22.3. The molecule has 0 bridgehead atoms. The SMILES string of the molecule is CC(C)Cc1ccc(-c2c(C(C)C)cnn2C2CCOCC2)c(F)n1. The van der Waals surface area contributed by atoms with Crippen molar-refractivity contribution in [3.05, 3.63) is 35.5 Å². The van der Waals surface area contributed by atoms with E-state index in [4.69, 9.17) is 4.74 Å². The van der Waals surface area contributed by atoms with Gasteiger partial charge in [-0.3, -0.25) is 4.68 Å². The summed E-state index contributed by atoms with van der Waals surface area (Å²) in [6.07, 6.45) is 4.49. The van der Waals surface area contributed by atoms with Crippen LogP contribution in [0.1, 0.15) is 63.8 Å². The Bertz CT molecular complexity index is 718. The minimum Gasteiger partial charge on any atom is -0.381 e. The van der Waals surface area contributed by atoms with Crippen LogP contribution in [0.5, 0.6) is 0 Å². The molecule has 0 aliphatic carbocycles. The molecule has 0 aromatic carbocycles. The van der Waals surface area contributed by atoms with Crippen LogP contribution in [0, 0.1) is 11.9 Å². The summed E-state index contributed by atoms with van der Waals surface area (Å²) in [6, 6.07) is 4.08. The lowest BCUT2D eigenvalue weighted by Crippen LogP contribution is -2.21. The van der Waals surface area contributed by atoms with Gasteiger partial charge >= 0.3 is 0 Å². The van der Waals surface area contributed by atoms with Gasteiger partial charge in [0.25, 0.3) is 0 Å². The predicted molar refractivity (Wildman–Crippen MR) is 97.1 cm³/mol. The number of ether oxygens (including phenoxy) is 1. The summed E-state index contributed by atoms with van der Waals surface area (Å²) in [5, 5.41) is 4.62. The Kier molecular flexibility index (Phi) is 5.52. The van der Waals surface area contributed by atoms with Gasteiger partial charge in [-0.25, -0.2) is 4.98 Å². The molecule has 1 saturated heterocycles. The summed E-state index contributed by atoms with van der Waals surface area (Å²) in [4.78, 5) is 4.22. The second kappa shape index (κ2) is 7.65. The van der Waals surface area contributed by atoms with E-state index in [1.165, 1.54) is 0 Å². The lowest BCUT2D eigenvalue weighted by atomic mass is 9.98. The first-order chi connectivity index (χ1) is 12.0. The molecule has 3 heterocycles. The van der Waals surface area contributed by atoms with E-state index in [1.807, 2.05) is 23.0 Å². The molecule has 0 saturated carbocycles. The van der Waals surface area contributed by atoms with Crippen LogP contribution in [-0.4, -0.2) is 28.0 Å². The highest BCUT2D eigenvalue weighted by molar-refractivity contribution is 5.64. The zero-order valence-corrected chi connectivity index (χ0v) is 15.6. The van der Waals surface area contributed by atoms with Crippen LogP contribution in [0.2, 0.25) is 0 Å². The molecule has 2 aromatic heterocycles. The first-order valence-corrected chi connectivity index (χ1v) is 9.28. The highest BCUT2D eigenvalue weighted by Crippen LogP contribution is 2.35. The zero-order valence-electron chi connectivity index (χ0n) is 15.6. The molecule has 1 aliphatic rings. The fraction of sp³-hybridized carbons (Fsp3) is 0.600. The molecule has 4 nitrogen and oxygen atoms in total. The van der Waals surface area contributed by atoms with E-state index in [-0.39, 0.29) is 12.0 Å². The number of hydrogen-bond donors (Lipinski definition) is 0. The van der Waals surface area contributed by atoms with Gasteiger partial charge in [0.2, 0.25) is 5.95 Å². The summed E-state index contributed by atoms with van der Waals surface area (Å²) in [6.45, 7) is 9.93. The van der Waals surface area contributed by atoms with Crippen LogP contribution < -0.4 is 0 Å². The van der Waals surface area contributed by atoms with E-state index in [0.717, 1.165) is 49.4 Å². The van der Waals surface area contributed by atoms with Gasteiger partial charge in [0, 0.05) is 24.5 Å². The van der Waals surface area contributed by atoms with E-state index in [0.29, 0.717) is 11.5 Å². The Hall–Kier alpha value is -1.75. The first-order valence-electron chi connectivity index (χ1n) is 9.28. The average molecular weight is 345 g/mol. The molecular formula is C20H28FN3O. The van der Waals surface area contributed by atoms with E-state index in [9.17, 15) is 4.39 Å².